The minimum atomic E-state index is -0.130. The van der Waals surface area contributed by atoms with Crippen LogP contribution < -0.4 is 10.1 Å². The molecule has 3 aromatic rings. The van der Waals surface area contributed by atoms with Crippen molar-refractivity contribution in [3.63, 3.8) is 0 Å². The van der Waals surface area contributed by atoms with Gasteiger partial charge in [0.15, 0.2) is 0 Å². The van der Waals surface area contributed by atoms with Crippen molar-refractivity contribution in [2.45, 2.75) is 13.5 Å². The van der Waals surface area contributed by atoms with Gasteiger partial charge in [0.05, 0.1) is 0 Å². The molecule has 3 aromatic carbocycles. The van der Waals surface area contributed by atoms with Gasteiger partial charge < -0.3 is 10.1 Å². The Morgan fingerprint density at radius 3 is 2.20 bits per heavy atom. The highest BCUT2D eigenvalue weighted by Crippen LogP contribution is 2.18. The van der Waals surface area contributed by atoms with Crippen molar-refractivity contribution in [2.24, 2.45) is 0 Å². The molecule has 0 spiro atoms. The smallest absolute Gasteiger partial charge is 0.255 e. The summed E-state index contributed by atoms with van der Waals surface area (Å²) in [7, 11) is 0. The number of hydrogen-bond donors (Lipinski definition) is 1. The molecule has 0 unspecified atom stereocenters. The zero-order chi connectivity index (χ0) is 17.6. The van der Waals surface area contributed by atoms with Crippen LogP contribution >= 0.6 is 11.6 Å². The van der Waals surface area contributed by atoms with Crippen LogP contribution in [-0.2, 0) is 6.61 Å². The summed E-state index contributed by atoms with van der Waals surface area (Å²) in [5, 5.41) is 3.58. The van der Waals surface area contributed by atoms with E-state index in [1.165, 1.54) is 0 Å². The zero-order valence-corrected chi connectivity index (χ0v) is 14.6. The molecule has 3 rings (SSSR count). The Bertz CT molecular complexity index is 841. The third kappa shape index (κ3) is 4.85. The third-order valence-corrected chi connectivity index (χ3v) is 4.00. The number of aryl methyl sites for hydroxylation is 1. The average Bonchev–Trinajstić information content (AvgIpc) is 2.63. The molecular weight excluding hydrogens is 334 g/mol. The number of nitrogens with one attached hydrogen (secondary N) is 1. The molecule has 1 N–H and O–H groups in total. The lowest BCUT2D eigenvalue weighted by molar-refractivity contribution is 0.102. The van der Waals surface area contributed by atoms with Crippen molar-refractivity contribution in [3.05, 3.63) is 94.5 Å². The molecule has 0 aliphatic heterocycles. The molecule has 0 saturated carbocycles. The lowest BCUT2D eigenvalue weighted by atomic mass is 10.1. The second kappa shape index (κ2) is 7.86. The van der Waals surface area contributed by atoms with E-state index in [-0.39, 0.29) is 5.91 Å². The van der Waals surface area contributed by atoms with E-state index in [9.17, 15) is 4.79 Å². The Morgan fingerprint density at radius 1 is 0.920 bits per heavy atom. The Hall–Kier alpha value is -2.78. The van der Waals surface area contributed by atoms with Crippen LogP contribution in [0, 0.1) is 6.92 Å². The second-order valence-corrected chi connectivity index (χ2v) is 6.20. The minimum absolute atomic E-state index is 0.130. The first-order chi connectivity index (χ1) is 12.1. The Labute approximate surface area is 152 Å². The van der Waals surface area contributed by atoms with Crippen LogP contribution in [0.3, 0.4) is 0 Å². The van der Waals surface area contributed by atoms with Gasteiger partial charge in [-0.3, -0.25) is 4.79 Å². The number of rotatable bonds is 5. The van der Waals surface area contributed by atoms with Crippen LogP contribution in [0.25, 0.3) is 0 Å². The number of ether oxygens (including phenoxy) is 1. The van der Waals surface area contributed by atoms with E-state index in [2.05, 4.69) is 5.32 Å². The van der Waals surface area contributed by atoms with Crippen molar-refractivity contribution in [1.29, 1.82) is 0 Å². The lowest BCUT2D eigenvalue weighted by Gasteiger charge is -2.09. The summed E-state index contributed by atoms with van der Waals surface area (Å²) in [6.07, 6.45) is 0. The normalized spacial score (nSPS) is 10.3. The van der Waals surface area contributed by atoms with Gasteiger partial charge in [-0.1, -0.05) is 41.4 Å². The predicted octanol–water partition coefficient (Wildman–Crippen LogP) is 5.48. The number of benzene rings is 3. The molecule has 4 heteroatoms. The van der Waals surface area contributed by atoms with Crippen molar-refractivity contribution in [2.75, 3.05) is 5.32 Å². The van der Waals surface area contributed by atoms with Gasteiger partial charge in [-0.2, -0.15) is 0 Å². The topological polar surface area (TPSA) is 38.3 Å². The summed E-state index contributed by atoms with van der Waals surface area (Å²) in [6.45, 7) is 2.46. The molecule has 1 amide bonds. The molecule has 0 aromatic heterocycles. The van der Waals surface area contributed by atoms with Gasteiger partial charge >= 0.3 is 0 Å². The van der Waals surface area contributed by atoms with Gasteiger partial charge in [-0.15, -0.1) is 0 Å². The molecule has 3 nitrogen and oxygen atoms in total. The van der Waals surface area contributed by atoms with Crippen molar-refractivity contribution < 1.29 is 9.53 Å². The first-order valence-electron chi connectivity index (χ1n) is 7.95. The minimum Gasteiger partial charge on any atom is -0.489 e. The summed E-state index contributed by atoms with van der Waals surface area (Å²) >= 11 is 5.86. The summed E-state index contributed by atoms with van der Waals surface area (Å²) in [6, 6.07) is 22.3. The maximum absolute atomic E-state index is 12.2. The first kappa shape index (κ1) is 17.1. The van der Waals surface area contributed by atoms with E-state index < -0.39 is 0 Å². The van der Waals surface area contributed by atoms with Crippen LogP contribution in [0.15, 0.2) is 72.8 Å². The van der Waals surface area contributed by atoms with Crippen molar-refractivity contribution >= 4 is 23.2 Å². The van der Waals surface area contributed by atoms with Gasteiger partial charge in [0.1, 0.15) is 12.4 Å². The van der Waals surface area contributed by atoms with E-state index in [1.807, 2.05) is 79.7 Å². The quantitative estimate of drug-likeness (QED) is 0.661. The molecule has 25 heavy (non-hydrogen) atoms. The Balaban J connectivity index is 1.57. The van der Waals surface area contributed by atoms with E-state index in [0.29, 0.717) is 17.2 Å². The van der Waals surface area contributed by atoms with E-state index in [4.69, 9.17) is 16.3 Å². The zero-order valence-electron chi connectivity index (χ0n) is 13.8. The molecule has 0 aliphatic rings. The summed E-state index contributed by atoms with van der Waals surface area (Å²) in [4.78, 5) is 12.2. The van der Waals surface area contributed by atoms with E-state index in [1.54, 1.807) is 0 Å². The fraction of sp³-hybridized carbons (Fsp3) is 0.0952. The molecule has 0 aliphatic carbocycles. The summed E-state index contributed by atoms with van der Waals surface area (Å²) < 4.78 is 5.73. The van der Waals surface area contributed by atoms with E-state index in [0.717, 1.165) is 22.6 Å². The second-order valence-electron chi connectivity index (χ2n) is 5.76. The number of anilines is 1. The monoisotopic (exact) mass is 351 g/mol. The average molecular weight is 352 g/mol. The number of halogens is 1. The van der Waals surface area contributed by atoms with Crippen LogP contribution in [0.4, 0.5) is 5.69 Å². The summed E-state index contributed by atoms with van der Waals surface area (Å²) in [5.74, 6) is 0.609. The maximum Gasteiger partial charge on any atom is 0.255 e. The molecule has 0 atom stereocenters. The molecule has 126 valence electrons. The number of carbonyl (C=O) groups excluding carboxylic acids is 1. The largest absolute Gasteiger partial charge is 0.489 e. The lowest BCUT2D eigenvalue weighted by Crippen LogP contribution is -2.11. The van der Waals surface area contributed by atoms with Crippen LogP contribution in [0.1, 0.15) is 21.5 Å². The molecule has 0 fully saturated rings. The fourth-order valence-corrected chi connectivity index (χ4v) is 2.42. The molecular formula is C21H18ClNO2. The Kier molecular flexibility index (Phi) is 5.36. The van der Waals surface area contributed by atoms with Gasteiger partial charge in [0.25, 0.3) is 5.91 Å². The van der Waals surface area contributed by atoms with Crippen LogP contribution in [0.5, 0.6) is 5.75 Å². The molecule has 0 saturated heterocycles. The number of hydrogen-bond acceptors (Lipinski definition) is 2. The highest BCUT2D eigenvalue weighted by atomic mass is 35.5. The third-order valence-electron chi connectivity index (χ3n) is 3.74. The highest BCUT2D eigenvalue weighted by Gasteiger charge is 2.05. The fourth-order valence-electron chi connectivity index (χ4n) is 2.29. The van der Waals surface area contributed by atoms with Gasteiger partial charge in [-0.05, 0) is 61.0 Å². The van der Waals surface area contributed by atoms with Crippen molar-refractivity contribution in [1.82, 2.24) is 0 Å². The Morgan fingerprint density at radius 2 is 1.56 bits per heavy atom. The molecule has 0 radical (unpaired) electrons. The standard InChI is InChI=1S/C21H18ClNO2/c1-15-2-6-17(7-3-15)21(24)23-19-10-12-20(13-11-19)25-14-16-4-8-18(22)9-5-16/h2-13H,14H2,1H3,(H,23,24). The van der Waals surface area contributed by atoms with Crippen LogP contribution in [0.2, 0.25) is 5.02 Å². The van der Waals surface area contributed by atoms with Gasteiger partial charge in [0, 0.05) is 16.3 Å². The molecule has 0 bridgehead atoms. The first-order valence-corrected chi connectivity index (χ1v) is 8.33. The SMILES string of the molecule is Cc1ccc(C(=O)Nc2ccc(OCc3ccc(Cl)cc3)cc2)cc1. The predicted molar refractivity (Wildman–Crippen MR) is 101 cm³/mol. The number of amides is 1. The maximum atomic E-state index is 12.2. The highest BCUT2D eigenvalue weighted by molar-refractivity contribution is 6.30. The number of carbonyl (C=O) groups is 1. The van der Waals surface area contributed by atoms with Gasteiger partial charge in [0.2, 0.25) is 0 Å². The van der Waals surface area contributed by atoms with Crippen molar-refractivity contribution in [3.8, 4) is 5.75 Å². The molecule has 0 heterocycles. The van der Waals surface area contributed by atoms with Gasteiger partial charge in [-0.25, -0.2) is 0 Å². The van der Waals surface area contributed by atoms with E-state index >= 15 is 0 Å². The summed E-state index contributed by atoms with van der Waals surface area (Å²) in [5.41, 5.74) is 3.53. The van der Waals surface area contributed by atoms with Crippen LogP contribution in [-0.4, -0.2) is 5.91 Å².